The molecule has 1 aliphatic carbocycles. The molecule has 1 aromatic heterocycles. The fraction of sp³-hybridized carbons (Fsp3) is 0.444. The summed E-state index contributed by atoms with van der Waals surface area (Å²) in [5, 5.41) is 5.09. The van der Waals surface area contributed by atoms with E-state index in [0.29, 0.717) is 6.04 Å². The highest BCUT2D eigenvalue weighted by Gasteiger charge is 2.25. The van der Waals surface area contributed by atoms with Gasteiger partial charge in [-0.3, -0.25) is 9.88 Å². The Hall–Kier alpha value is -2.79. The molecule has 5 nitrogen and oxygen atoms in total. The van der Waals surface area contributed by atoms with E-state index < -0.39 is 0 Å². The van der Waals surface area contributed by atoms with Crippen LogP contribution in [0, 0.1) is 6.92 Å². The van der Waals surface area contributed by atoms with E-state index in [4.69, 9.17) is 14.5 Å². The Bertz CT molecular complexity index is 1100. The highest BCUT2D eigenvalue weighted by molar-refractivity contribution is 5.96. The number of benzene rings is 2. The van der Waals surface area contributed by atoms with Gasteiger partial charge in [0.25, 0.3) is 0 Å². The Morgan fingerprint density at radius 1 is 1.00 bits per heavy atom. The van der Waals surface area contributed by atoms with Crippen molar-refractivity contribution in [1.82, 2.24) is 9.88 Å². The fourth-order valence-electron chi connectivity index (χ4n) is 5.15. The van der Waals surface area contributed by atoms with Crippen molar-refractivity contribution in [3.8, 4) is 11.5 Å². The summed E-state index contributed by atoms with van der Waals surface area (Å²) in [4.78, 5) is 7.55. The van der Waals surface area contributed by atoms with Gasteiger partial charge in [0.1, 0.15) is 0 Å². The van der Waals surface area contributed by atoms with Gasteiger partial charge in [-0.15, -0.1) is 0 Å². The molecule has 1 saturated heterocycles. The highest BCUT2D eigenvalue weighted by atomic mass is 16.5. The molecular formula is C27H33N3O2. The number of aryl methyl sites for hydroxylation is 2. The third kappa shape index (κ3) is 4.14. The number of likely N-dealkylation sites (tertiary alicyclic amines) is 1. The Morgan fingerprint density at radius 2 is 1.72 bits per heavy atom. The first-order valence-electron chi connectivity index (χ1n) is 11.8. The van der Waals surface area contributed by atoms with Gasteiger partial charge in [0.15, 0.2) is 11.5 Å². The van der Waals surface area contributed by atoms with Crippen molar-refractivity contribution in [1.29, 1.82) is 0 Å². The van der Waals surface area contributed by atoms with E-state index in [0.717, 1.165) is 67.7 Å². The fourth-order valence-corrected chi connectivity index (χ4v) is 5.15. The molecule has 3 aromatic rings. The topological polar surface area (TPSA) is 46.6 Å². The van der Waals surface area contributed by atoms with Crippen LogP contribution in [0.25, 0.3) is 10.9 Å². The van der Waals surface area contributed by atoms with Crippen molar-refractivity contribution in [2.24, 2.45) is 0 Å². The van der Waals surface area contributed by atoms with Gasteiger partial charge in [-0.05, 0) is 56.2 Å². The van der Waals surface area contributed by atoms with Crippen LogP contribution in [0.15, 0.2) is 36.4 Å². The summed E-state index contributed by atoms with van der Waals surface area (Å²) in [7, 11) is 3.38. The number of hydrogen-bond donors (Lipinski definition) is 1. The predicted octanol–water partition coefficient (Wildman–Crippen LogP) is 5.13. The van der Waals surface area contributed by atoms with Gasteiger partial charge in [-0.2, -0.15) is 0 Å². The molecule has 168 valence electrons. The minimum Gasteiger partial charge on any atom is -0.493 e. The van der Waals surface area contributed by atoms with Gasteiger partial charge in [0, 0.05) is 48.5 Å². The average Bonchev–Trinajstić information content (AvgIpc) is 3.29. The number of nitrogens with one attached hydrogen (secondary N) is 1. The number of fused-ring (bicyclic) bond motifs is 2. The van der Waals surface area contributed by atoms with Crippen LogP contribution in [0.5, 0.6) is 11.5 Å². The van der Waals surface area contributed by atoms with Gasteiger partial charge >= 0.3 is 0 Å². The van der Waals surface area contributed by atoms with Gasteiger partial charge in [0.2, 0.25) is 0 Å². The second-order valence-corrected chi connectivity index (χ2v) is 9.17. The smallest absolute Gasteiger partial charge is 0.162 e. The lowest BCUT2D eigenvalue weighted by Gasteiger charge is -2.33. The Labute approximate surface area is 190 Å². The zero-order valence-corrected chi connectivity index (χ0v) is 19.4. The van der Waals surface area contributed by atoms with Crippen LogP contribution >= 0.6 is 0 Å². The summed E-state index contributed by atoms with van der Waals surface area (Å²) in [6.45, 7) is 5.42. The Balaban J connectivity index is 1.35. The molecule has 2 aromatic carbocycles. The van der Waals surface area contributed by atoms with Crippen LogP contribution in [0.4, 0.5) is 5.69 Å². The monoisotopic (exact) mass is 431 g/mol. The van der Waals surface area contributed by atoms with Crippen molar-refractivity contribution >= 4 is 16.6 Å². The molecule has 0 amide bonds. The van der Waals surface area contributed by atoms with Gasteiger partial charge in [0.05, 0.1) is 19.7 Å². The zero-order chi connectivity index (χ0) is 22.1. The molecule has 2 heterocycles. The summed E-state index contributed by atoms with van der Waals surface area (Å²) in [5.74, 6) is 1.50. The zero-order valence-electron chi connectivity index (χ0n) is 19.4. The molecule has 0 bridgehead atoms. The van der Waals surface area contributed by atoms with Gasteiger partial charge < -0.3 is 14.8 Å². The average molecular weight is 432 g/mol. The minimum absolute atomic E-state index is 0.479. The molecule has 5 rings (SSSR count). The summed E-state index contributed by atoms with van der Waals surface area (Å²) in [6.07, 6.45) is 5.64. The summed E-state index contributed by atoms with van der Waals surface area (Å²) in [5.41, 5.74) is 7.61. The van der Waals surface area contributed by atoms with Crippen LogP contribution in [0.2, 0.25) is 0 Å². The van der Waals surface area contributed by atoms with Crippen LogP contribution in [-0.2, 0) is 19.4 Å². The first-order chi connectivity index (χ1) is 15.6. The third-order valence-electron chi connectivity index (χ3n) is 6.98. The molecule has 32 heavy (non-hydrogen) atoms. The number of piperidine rings is 1. The van der Waals surface area contributed by atoms with Crippen molar-refractivity contribution < 1.29 is 9.47 Å². The number of hydrogen-bond acceptors (Lipinski definition) is 5. The van der Waals surface area contributed by atoms with Crippen molar-refractivity contribution in [3.05, 3.63) is 58.8 Å². The maximum Gasteiger partial charge on any atom is 0.162 e. The minimum atomic E-state index is 0.479. The molecule has 5 heteroatoms. The molecule has 0 atom stereocenters. The van der Waals surface area contributed by atoms with E-state index >= 15 is 0 Å². The van der Waals surface area contributed by atoms with Crippen LogP contribution in [-0.4, -0.2) is 43.2 Å². The molecule has 2 aliphatic rings. The molecule has 0 saturated carbocycles. The highest BCUT2D eigenvalue weighted by Crippen LogP contribution is 2.40. The molecular weight excluding hydrogens is 398 g/mol. The first-order valence-corrected chi connectivity index (χ1v) is 11.8. The number of pyridine rings is 1. The molecule has 0 radical (unpaired) electrons. The number of rotatable bonds is 6. The molecule has 1 aliphatic heterocycles. The maximum absolute atomic E-state index is 5.60. The molecule has 1 N–H and O–H groups in total. The Kier molecular flexibility index (Phi) is 5.92. The number of aromatic nitrogens is 1. The number of anilines is 1. The van der Waals surface area contributed by atoms with Crippen LogP contribution in [0.1, 0.15) is 41.6 Å². The summed E-state index contributed by atoms with van der Waals surface area (Å²) < 4.78 is 11.1. The number of nitrogens with zero attached hydrogens (tertiary/aromatic N) is 2. The molecule has 1 fully saturated rings. The molecule has 0 unspecified atom stereocenters. The third-order valence-corrected chi connectivity index (χ3v) is 6.98. The van der Waals surface area contributed by atoms with E-state index in [1.54, 1.807) is 14.2 Å². The van der Waals surface area contributed by atoms with E-state index in [1.807, 2.05) is 6.07 Å². The second-order valence-electron chi connectivity index (χ2n) is 9.17. The van der Waals surface area contributed by atoms with Gasteiger partial charge in [-0.1, -0.05) is 29.8 Å². The Morgan fingerprint density at radius 3 is 2.44 bits per heavy atom. The van der Waals surface area contributed by atoms with Crippen molar-refractivity contribution in [2.75, 3.05) is 32.6 Å². The quantitative estimate of drug-likeness (QED) is 0.587. The van der Waals surface area contributed by atoms with Crippen molar-refractivity contribution in [2.45, 2.75) is 51.6 Å². The summed E-state index contributed by atoms with van der Waals surface area (Å²) in [6, 6.07) is 13.5. The number of ether oxygens (including phenoxy) is 2. The lowest BCUT2D eigenvalue weighted by molar-refractivity contribution is 0.211. The van der Waals surface area contributed by atoms with E-state index in [9.17, 15) is 0 Å². The molecule has 0 spiro atoms. The first kappa shape index (κ1) is 21.1. The lowest BCUT2D eigenvalue weighted by Crippen LogP contribution is -2.38. The SMILES string of the molecule is COc1cc2nc3c(c(NC4CCN(Cc5ccc(C)cc5)CC4)c2cc1OC)CCC3. The van der Waals surface area contributed by atoms with Crippen molar-refractivity contribution in [3.63, 3.8) is 0 Å². The van der Waals surface area contributed by atoms with E-state index in [-0.39, 0.29) is 0 Å². The van der Waals surface area contributed by atoms with Gasteiger partial charge in [-0.25, -0.2) is 0 Å². The standard InChI is InChI=1S/C27H33N3O2/c1-18-7-9-19(10-8-18)17-30-13-11-20(12-14-30)28-27-21-5-4-6-23(21)29-24-16-26(32-3)25(31-2)15-22(24)27/h7-10,15-16,20H,4-6,11-14,17H2,1-3H3,(H,28,29). The lowest BCUT2D eigenvalue weighted by atomic mass is 10.0. The summed E-state index contributed by atoms with van der Waals surface area (Å²) >= 11 is 0. The van der Waals surface area contributed by atoms with Crippen LogP contribution in [0.3, 0.4) is 0 Å². The number of methoxy groups -OCH3 is 2. The maximum atomic E-state index is 5.60. The van der Waals surface area contributed by atoms with Crippen LogP contribution < -0.4 is 14.8 Å². The second kappa shape index (κ2) is 8.99. The van der Waals surface area contributed by atoms with E-state index in [1.165, 1.54) is 34.5 Å². The largest absolute Gasteiger partial charge is 0.493 e. The predicted molar refractivity (Wildman–Crippen MR) is 130 cm³/mol. The van der Waals surface area contributed by atoms with E-state index in [2.05, 4.69) is 47.5 Å². The normalized spacial score (nSPS) is 16.8.